The highest BCUT2D eigenvalue weighted by atomic mass is 32.2. The predicted octanol–water partition coefficient (Wildman–Crippen LogP) is 4.59. The van der Waals surface area contributed by atoms with Crippen molar-refractivity contribution in [2.24, 2.45) is 0 Å². The molecule has 0 aliphatic rings. The molecule has 0 saturated carbocycles. The van der Waals surface area contributed by atoms with Gasteiger partial charge in [0.1, 0.15) is 5.75 Å². The molecule has 1 heterocycles. The molecule has 0 aliphatic heterocycles. The van der Waals surface area contributed by atoms with E-state index in [9.17, 15) is 21.6 Å². The van der Waals surface area contributed by atoms with Crippen molar-refractivity contribution in [3.05, 3.63) is 54.2 Å². The molecule has 0 saturated heterocycles. The van der Waals surface area contributed by atoms with Gasteiger partial charge in [-0.1, -0.05) is 31.5 Å². The average Bonchev–Trinajstić information content (AvgIpc) is 2.99. The van der Waals surface area contributed by atoms with Gasteiger partial charge in [0.2, 0.25) is 0 Å². The molecule has 0 fully saturated rings. The van der Waals surface area contributed by atoms with Crippen molar-refractivity contribution in [3.8, 4) is 11.4 Å². The number of hydrogen-bond acceptors (Lipinski definition) is 4. The van der Waals surface area contributed by atoms with Gasteiger partial charge in [-0.25, -0.2) is 4.68 Å². The first kappa shape index (κ1) is 19.8. The molecule has 0 N–H and O–H groups in total. The number of alkyl halides is 3. The van der Waals surface area contributed by atoms with Crippen LogP contribution in [-0.4, -0.2) is 23.7 Å². The Balaban J connectivity index is 0.00000117. The van der Waals surface area contributed by atoms with Crippen molar-refractivity contribution in [2.45, 2.75) is 26.3 Å². The first-order valence-corrected chi connectivity index (χ1v) is 9.14. The summed E-state index contributed by atoms with van der Waals surface area (Å²) in [7, 11) is -5.70. The van der Waals surface area contributed by atoms with Crippen LogP contribution in [0, 0.1) is 6.92 Å². The summed E-state index contributed by atoms with van der Waals surface area (Å²) >= 11 is 0. The van der Waals surface area contributed by atoms with E-state index in [0.717, 1.165) is 17.3 Å². The van der Waals surface area contributed by atoms with E-state index in [4.69, 9.17) is 0 Å². The smallest absolute Gasteiger partial charge is 0.376 e. The van der Waals surface area contributed by atoms with Crippen LogP contribution in [0.2, 0.25) is 0 Å². The zero-order valence-corrected chi connectivity index (χ0v) is 15.1. The summed E-state index contributed by atoms with van der Waals surface area (Å²) in [4.78, 5) is 0. The van der Waals surface area contributed by atoms with Crippen molar-refractivity contribution in [3.63, 3.8) is 0 Å². The number of aryl methyl sites for hydroxylation is 1. The summed E-state index contributed by atoms with van der Waals surface area (Å²) in [6, 6.07) is 11.2. The van der Waals surface area contributed by atoms with Gasteiger partial charge < -0.3 is 4.18 Å². The third kappa shape index (κ3) is 4.16. The number of rotatable bonds is 3. The minimum atomic E-state index is -5.70. The molecule has 5 nitrogen and oxygen atoms in total. The maximum Gasteiger partial charge on any atom is 0.534 e. The summed E-state index contributed by atoms with van der Waals surface area (Å²) in [6.07, 6.45) is 1.58. The van der Waals surface area contributed by atoms with Crippen LogP contribution in [0.1, 0.15) is 19.4 Å². The van der Waals surface area contributed by atoms with E-state index >= 15 is 0 Å². The molecule has 0 spiro atoms. The molecule has 140 valence electrons. The van der Waals surface area contributed by atoms with Gasteiger partial charge in [0, 0.05) is 11.6 Å². The van der Waals surface area contributed by atoms with Crippen molar-refractivity contribution >= 4 is 21.0 Å². The van der Waals surface area contributed by atoms with Gasteiger partial charge in [0.15, 0.2) is 0 Å². The Morgan fingerprint density at radius 1 is 1.04 bits per heavy atom. The number of nitrogens with zero attached hydrogens (tertiary/aromatic N) is 2. The van der Waals surface area contributed by atoms with Crippen molar-refractivity contribution in [2.75, 3.05) is 0 Å². The van der Waals surface area contributed by atoms with Crippen LogP contribution in [0.5, 0.6) is 5.75 Å². The predicted molar refractivity (Wildman–Crippen MR) is 92.8 cm³/mol. The molecule has 9 heteroatoms. The molecule has 2 aromatic carbocycles. The summed E-state index contributed by atoms with van der Waals surface area (Å²) < 4.78 is 64.8. The molecule has 0 bridgehead atoms. The van der Waals surface area contributed by atoms with Crippen LogP contribution < -0.4 is 4.18 Å². The number of hydrogen-bond donors (Lipinski definition) is 0. The molecule has 1 aromatic heterocycles. The number of benzene rings is 2. The lowest BCUT2D eigenvalue weighted by Gasteiger charge is -2.08. The quantitative estimate of drug-likeness (QED) is 0.488. The highest BCUT2D eigenvalue weighted by Crippen LogP contribution is 2.28. The van der Waals surface area contributed by atoms with Crippen LogP contribution >= 0.6 is 0 Å². The van der Waals surface area contributed by atoms with E-state index in [-0.39, 0.29) is 0 Å². The molecule has 0 amide bonds. The molecule has 0 radical (unpaired) electrons. The average molecular weight is 386 g/mol. The van der Waals surface area contributed by atoms with Gasteiger partial charge in [-0.05, 0) is 37.3 Å². The summed E-state index contributed by atoms with van der Waals surface area (Å²) in [5, 5.41) is 4.74. The van der Waals surface area contributed by atoms with Gasteiger partial charge >= 0.3 is 15.6 Å². The third-order valence-corrected chi connectivity index (χ3v) is 4.24. The molecule has 0 unspecified atom stereocenters. The summed E-state index contributed by atoms with van der Waals surface area (Å²) in [5.41, 5.74) is -3.15. The third-order valence-electron chi connectivity index (χ3n) is 3.26. The molecular weight excluding hydrogens is 369 g/mol. The standard InChI is InChI=1S/C15H11F3N2O3S.C2H6/c1-10-2-4-12(5-3-10)20-9-11-8-13(6-7-14(11)19-20)23-24(21,22)15(16,17)18;1-2/h2-9H,1H3;1-2H3. The Morgan fingerprint density at radius 3 is 2.23 bits per heavy atom. The molecule has 0 atom stereocenters. The molecule has 0 aliphatic carbocycles. The highest BCUT2D eigenvalue weighted by Gasteiger charge is 2.48. The van der Waals surface area contributed by atoms with Crippen LogP contribution in [0.25, 0.3) is 16.6 Å². The highest BCUT2D eigenvalue weighted by molar-refractivity contribution is 7.88. The Bertz CT molecular complexity index is 994. The Hall–Kier alpha value is -2.55. The SMILES string of the molecule is CC.Cc1ccc(-n2cc3cc(OS(=O)(=O)C(F)(F)F)ccc3n2)cc1. The van der Waals surface area contributed by atoms with Crippen molar-refractivity contribution in [1.29, 1.82) is 0 Å². The van der Waals surface area contributed by atoms with Crippen LogP contribution in [0.4, 0.5) is 13.2 Å². The zero-order chi connectivity index (χ0) is 19.5. The maximum atomic E-state index is 12.4. The van der Waals surface area contributed by atoms with Crippen molar-refractivity contribution < 1.29 is 25.8 Å². The number of aromatic nitrogens is 2. The first-order valence-electron chi connectivity index (χ1n) is 7.73. The fourth-order valence-electron chi connectivity index (χ4n) is 2.06. The fourth-order valence-corrected chi connectivity index (χ4v) is 2.51. The largest absolute Gasteiger partial charge is 0.534 e. The van der Waals surface area contributed by atoms with Gasteiger partial charge in [-0.2, -0.15) is 26.7 Å². The van der Waals surface area contributed by atoms with E-state index in [1.807, 2.05) is 45.0 Å². The van der Waals surface area contributed by atoms with Crippen LogP contribution in [-0.2, 0) is 10.1 Å². The molecule has 3 rings (SSSR count). The molecule has 3 aromatic rings. The lowest BCUT2D eigenvalue weighted by Crippen LogP contribution is -2.28. The molecule has 26 heavy (non-hydrogen) atoms. The second-order valence-corrected chi connectivity index (χ2v) is 6.65. The summed E-state index contributed by atoms with van der Waals surface area (Å²) in [6.45, 7) is 5.94. The second kappa shape index (κ2) is 7.36. The van der Waals surface area contributed by atoms with Crippen molar-refractivity contribution in [1.82, 2.24) is 9.78 Å². The van der Waals surface area contributed by atoms with Gasteiger partial charge in [-0.15, -0.1) is 0 Å². The van der Waals surface area contributed by atoms with E-state index in [1.165, 1.54) is 12.1 Å². The van der Waals surface area contributed by atoms with E-state index in [0.29, 0.717) is 10.9 Å². The fraction of sp³-hybridized carbons (Fsp3) is 0.235. The monoisotopic (exact) mass is 386 g/mol. The topological polar surface area (TPSA) is 61.2 Å². The van der Waals surface area contributed by atoms with Crippen LogP contribution in [0.3, 0.4) is 0 Å². The normalized spacial score (nSPS) is 11.8. The maximum absolute atomic E-state index is 12.4. The zero-order valence-electron chi connectivity index (χ0n) is 14.3. The van der Waals surface area contributed by atoms with Gasteiger partial charge in [-0.3, -0.25) is 0 Å². The number of halogens is 3. The first-order chi connectivity index (χ1) is 12.2. The minimum absolute atomic E-state index is 0.428. The molecular formula is C17H17F3N2O3S. The summed E-state index contributed by atoms with van der Waals surface area (Å²) in [5.74, 6) is -0.428. The lowest BCUT2D eigenvalue weighted by atomic mass is 10.2. The van der Waals surface area contributed by atoms with Gasteiger partial charge in [0.25, 0.3) is 0 Å². The van der Waals surface area contributed by atoms with Gasteiger partial charge in [0.05, 0.1) is 11.2 Å². The lowest BCUT2D eigenvalue weighted by molar-refractivity contribution is -0.0500. The number of fused-ring (bicyclic) bond motifs is 1. The van der Waals surface area contributed by atoms with Crippen LogP contribution in [0.15, 0.2) is 48.7 Å². The minimum Gasteiger partial charge on any atom is -0.376 e. The Kier molecular flexibility index (Phi) is 5.60. The Labute approximate surface area is 149 Å². The van der Waals surface area contributed by atoms with E-state index < -0.39 is 21.4 Å². The van der Waals surface area contributed by atoms with E-state index in [1.54, 1.807) is 10.9 Å². The second-order valence-electron chi connectivity index (χ2n) is 5.11. The van der Waals surface area contributed by atoms with E-state index in [2.05, 4.69) is 9.28 Å². The Morgan fingerprint density at radius 2 is 1.65 bits per heavy atom.